The Morgan fingerprint density at radius 2 is 1.31 bits per heavy atom. The zero-order valence-electron chi connectivity index (χ0n) is 44.4. The lowest BCUT2D eigenvalue weighted by Crippen LogP contribution is -2.66. The van der Waals surface area contributed by atoms with Crippen LogP contribution >= 0.6 is 0 Å². The van der Waals surface area contributed by atoms with Crippen LogP contribution in [0.3, 0.4) is 0 Å². The molecule has 9 rings (SSSR count). The van der Waals surface area contributed by atoms with Gasteiger partial charge in [0, 0.05) is 12.5 Å². The summed E-state index contributed by atoms with van der Waals surface area (Å²) >= 11 is 0. The highest BCUT2D eigenvalue weighted by molar-refractivity contribution is 5.79. The van der Waals surface area contributed by atoms with E-state index in [2.05, 4.69) is 54.5 Å². The van der Waals surface area contributed by atoms with Gasteiger partial charge in [-0.3, -0.25) is 4.79 Å². The van der Waals surface area contributed by atoms with Gasteiger partial charge < -0.3 is 94.4 Å². The fourth-order valence-electron chi connectivity index (χ4n) is 16.6. The summed E-state index contributed by atoms with van der Waals surface area (Å²) in [6, 6.07) is 0. The van der Waals surface area contributed by atoms with Crippen molar-refractivity contribution in [1.82, 2.24) is 0 Å². The number of hydrogen-bond donors (Lipinski definition) is 12. The number of ether oxygens (including phenoxy) is 7. The summed E-state index contributed by atoms with van der Waals surface area (Å²) in [5.41, 5.74) is -0.819. The second-order valence-corrected chi connectivity index (χ2v) is 26.3. The van der Waals surface area contributed by atoms with Crippen molar-refractivity contribution >= 4 is 5.97 Å². The lowest BCUT2D eigenvalue weighted by molar-refractivity contribution is -0.372. The molecular formula is C54H88O20. The van der Waals surface area contributed by atoms with Gasteiger partial charge in [-0.25, -0.2) is 0 Å². The quantitative estimate of drug-likeness (QED) is 0.0795. The Morgan fingerprint density at radius 3 is 2.00 bits per heavy atom. The monoisotopic (exact) mass is 1060 g/mol. The molecule has 3 heterocycles. The second-order valence-electron chi connectivity index (χ2n) is 26.3. The van der Waals surface area contributed by atoms with Crippen LogP contribution in [-0.2, 0) is 38.0 Å². The van der Waals surface area contributed by atoms with E-state index < -0.39 is 152 Å². The fraction of sp³-hybridized carbons (Fsp3) is 0.944. The third kappa shape index (κ3) is 9.19. The minimum Gasteiger partial charge on any atom is -0.432 e. The lowest BCUT2D eigenvalue weighted by Gasteiger charge is -2.71. The number of allylic oxidation sites excluding steroid dienone is 2. The van der Waals surface area contributed by atoms with Crippen molar-refractivity contribution in [2.45, 2.75) is 243 Å². The average Bonchev–Trinajstić information content (AvgIpc) is 3.35. The van der Waals surface area contributed by atoms with E-state index in [0.717, 1.165) is 44.9 Å². The number of esters is 1. The molecule has 27 atom stereocenters. The molecule has 0 unspecified atom stereocenters. The highest BCUT2D eigenvalue weighted by atomic mass is 16.8. The van der Waals surface area contributed by atoms with Crippen molar-refractivity contribution in [3.8, 4) is 0 Å². The Bertz CT molecular complexity index is 2040. The third-order valence-corrected chi connectivity index (χ3v) is 21.5. The Labute approximate surface area is 434 Å². The van der Waals surface area contributed by atoms with Gasteiger partial charge in [-0.05, 0) is 122 Å². The van der Waals surface area contributed by atoms with Crippen LogP contribution in [0.2, 0.25) is 0 Å². The molecular weight excluding hydrogens is 969 g/mol. The van der Waals surface area contributed by atoms with Crippen LogP contribution in [0, 0.1) is 56.2 Å². The molecule has 9 aliphatic rings. The van der Waals surface area contributed by atoms with E-state index in [4.69, 9.17) is 33.2 Å². The van der Waals surface area contributed by atoms with Crippen LogP contribution in [-0.4, -0.2) is 204 Å². The molecule has 424 valence electrons. The van der Waals surface area contributed by atoms with Gasteiger partial charge in [-0.1, -0.05) is 60.1 Å². The first-order chi connectivity index (χ1) is 34.6. The Balaban J connectivity index is 0.973. The van der Waals surface area contributed by atoms with E-state index in [1.165, 1.54) is 12.5 Å². The molecule has 0 spiro atoms. The molecule has 0 aromatic heterocycles. The van der Waals surface area contributed by atoms with Crippen LogP contribution in [0.1, 0.15) is 126 Å². The zero-order valence-corrected chi connectivity index (χ0v) is 44.4. The molecule has 0 radical (unpaired) electrons. The van der Waals surface area contributed by atoms with Gasteiger partial charge in [-0.15, -0.1) is 0 Å². The first-order valence-corrected chi connectivity index (χ1v) is 27.4. The van der Waals surface area contributed by atoms with E-state index in [9.17, 15) is 66.1 Å². The fourth-order valence-corrected chi connectivity index (χ4v) is 16.6. The molecule has 0 bridgehead atoms. The maximum atomic E-state index is 14.8. The van der Waals surface area contributed by atoms with E-state index in [1.807, 2.05) is 0 Å². The van der Waals surface area contributed by atoms with Gasteiger partial charge in [0.1, 0.15) is 73.2 Å². The van der Waals surface area contributed by atoms with Gasteiger partial charge >= 0.3 is 5.97 Å². The molecule has 6 aliphatic carbocycles. The third-order valence-electron chi connectivity index (χ3n) is 21.5. The highest BCUT2D eigenvalue weighted by Crippen LogP contribution is 2.76. The Hall–Kier alpha value is -1.51. The summed E-state index contributed by atoms with van der Waals surface area (Å²) in [6.45, 7) is 16.2. The Kier molecular flexibility index (Phi) is 15.9. The number of rotatable bonds is 10. The van der Waals surface area contributed by atoms with Crippen molar-refractivity contribution in [2.75, 3.05) is 19.8 Å². The summed E-state index contributed by atoms with van der Waals surface area (Å²) in [5.74, 6) is -1.11. The summed E-state index contributed by atoms with van der Waals surface area (Å²) in [7, 11) is 0. The SMILES string of the molecule is C[C@@H]1O[C@@H](O[C@H]2[C@@H](O[C@H]3CC[C@@]4(C)[C@H](CC[C@]5(C)[C@@H]4CC=C4[C@H]6CC(C)(C)CC[C@]6(C(=O)O[C@@H]6O[C@H](CO)[C@@H](O)[C@H](O)[C@H]6O)CC[C@]45C)C3(C)C)OC[C@H](O)[C@@H]2O[C@@H]2C[C@H](CO)[C@@H](O)[C@H](O)[C@H]2O)[C@H](O)[C@H](O)[C@H]1O. The molecule has 0 aromatic carbocycles. The van der Waals surface area contributed by atoms with Gasteiger partial charge in [0.15, 0.2) is 12.6 Å². The number of carbonyl (C=O) groups excluding carboxylic acids is 1. The lowest BCUT2D eigenvalue weighted by atomic mass is 9.33. The number of carbonyl (C=O) groups is 1. The summed E-state index contributed by atoms with van der Waals surface area (Å²) in [6.07, 6.45) is -17.0. The molecule has 0 aromatic rings. The van der Waals surface area contributed by atoms with Gasteiger partial charge in [-0.2, -0.15) is 0 Å². The van der Waals surface area contributed by atoms with Crippen LogP contribution in [0.15, 0.2) is 11.6 Å². The standard InChI is InChI=1S/C54H88O20/c1-24-34(58)38(62)41(65)45(69-24)73-44-43(70-29-19-25(21-55)35(59)39(63)36(29)60)28(57)23-68-47(44)72-33-12-13-51(6)31(50(33,4)5)11-14-53(8)32(51)10-9-26-27-20-49(2,3)15-17-54(27,18-16-52(26,53)7)48(67)74-46-42(66)40(64)37(61)30(22-56)71-46/h9,24-25,27-47,55-66H,10-23H2,1-8H3/t24-,25+,27+,28-,29+,30+,31+,32+,33-,34-,35+,36-,37+,38+,39-,40-,41+,42+,43-,44+,45-,46-,47+,51-,52+,53+,54-/m0/s1. The predicted octanol–water partition coefficient (Wildman–Crippen LogP) is 0.295. The van der Waals surface area contributed by atoms with Crippen LogP contribution in [0.4, 0.5) is 0 Å². The van der Waals surface area contributed by atoms with Crippen molar-refractivity contribution in [1.29, 1.82) is 0 Å². The summed E-state index contributed by atoms with van der Waals surface area (Å²) in [5, 5.41) is 128. The zero-order chi connectivity index (χ0) is 54.0. The highest BCUT2D eigenvalue weighted by Gasteiger charge is 2.70. The topological polar surface area (TPSA) is 324 Å². The average molecular weight is 1060 g/mol. The molecule has 3 saturated heterocycles. The molecule has 20 nitrogen and oxygen atoms in total. The van der Waals surface area contributed by atoms with Crippen LogP contribution < -0.4 is 0 Å². The molecule has 5 saturated carbocycles. The van der Waals surface area contributed by atoms with E-state index >= 15 is 0 Å². The maximum Gasteiger partial charge on any atom is 0.315 e. The first-order valence-electron chi connectivity index (χ1n) is 27.4. The molecule has 3 aliphatic heterocycles. The summed E-state index contributed by atoms with van der Waals surface area (Å²) in [4.78, 5) is 14.8. The van der Waals surface area contributed by atoms with Crippen molar-refractivity contribution in [2.24, 2.45) is 56.2 Å². The van der Waals surface area contributed by atoms with Crippen LogP contribution in [0.5, 0.6) is 0 Å². The smallest absolute Gasteiger partial charge is 0.315 e. The maximum absolute atomic E-state index is 14.8. The van der Waals surface area contributed by atoms with E-state index in [1.54, 1.807) is 0 Å². The summed E-state index contributed by atoms with van der Waals surface area (Å²) < 4.78 is 43.7. The molecule has 12 N–H and O–H groups in total. The minimum atomic E-state index is -1.73. The minimum absolute atomic E-state index is 0.0750. The number of aliphatic hydroxyl groups excluding tert-OH is 12. The van der Waals surface area contributed by atoms with Gasteiger partial charge in [0.25, 0.3) is 0 Å². The largest absolute Gasteiger partial charge is 0.432 e. The predicted molar refractivity (Wildman–Crippen MR) is 259 cm³/mol. The molecule has 74 heavy (non-hydrogen) atoms. The van der Waals surface area contributed by atoms with Gasteiger partial charge in [0.05, 0.1) is 43.0 Å². The van der Waals surface area contributed by atoms with E-state index in [-0.39, 0.29) is 52.4 Å². The van der Waals surface area contributed by atoms with Gasteiger partial charge in [0.2, 0.25) is 6.29 Å². The van der Waals surface area contributed by atoms with Crippen LogP contribution in [0.25, 0.3) is 0 Å². The second kappa shape index (κ2) is 20.5. The molecule has 8 fully saturated rings. The van der Waals surface area contributed by atoms with E-state index in [0.29, 0.717) is 19.3 Å². The number of hydrogen-bond acceptors (Lipinski definition) is 20. The number of fused-ring (bicyclic) bond motifs is 7. The number of aliphatic hydroxyl groups is 12. The van der Waals surface area contributed by atoms with Crippen molar-refractivity contribution in [3.05, 3.63) is 11.6 Å². The Morgan fingerprint density at radius 1 is 0.649 bits per heavy atom. The molecule has 20 heteroatoms. The molecule has 0 amide bonds. The first kappa shape index (κ1) is 57.2. The normalized spacial score (nSPS) is 54.1. The van der Waals surface area contributed by atoms with Crippen molar-refractivity contribution in [3.63, 3.8) is 0 Å². The van der Waals surface area contributed by atoms with Crippen molar-refractivity contribution < 1.29 is 99.2 Å².